The van der Waals surface area contributed by atoms with Gasteiger partial charge in [-0.2, -0.15) is 0 Å². The topological polar surface area (TPSA) is 77.8 Å². The molecule has 0 spiro atoms. The number of aromatic hydroxyl groups is 2. The Morgan fingerprint density at radius 3 is 2.03 bits per heavy atom. The van der Waals surface area contributed by atoms with Gasteiger partial charge in [0.15, 0.2) is 0 Å². The van der Waals surface area contributed by atoms with Gasteiger partial charge in [0.2, 0.25) is 0 Å². The SMILES string of the molecule is CC1(CCCCCCc2cc(O)cc(O)c2CCCCCCC2(C(=O)O)CC2)CC1. The van der Waals surface area contributed by atoms with Gasteiger partial charge in [-0.05, 0) is 86.8 Å². The molecule has 3 N–H and O–H groups in total. The van der Waals surface area contributed by atoms with Crippen molar-refractivity contribution in [3.05, 3.63) is 23.3 Å². The standard InChI is InChI=1S/C26H40O4/c1-25(14-15-25)12-8-4-2-6-10-20-18-21(27)19-23(28)22(20)11-7-3-5-9-13-26(16-17-26)24(29)30/h18-19,27-28H,2-17H2,1H3,(H,29,30). The summed E-state index contributed by atoms with van der Waals surface area (Å²) in [6.07, 6.45) is 17.3. The van der Waals surface area contributed by atoms with E-state index >= 15 is 0 Å². The number of phenols is 2. The fourth-order valence-electron chi connectivity index (χ4n) is 4.74. The highest BCUT2D eigenvalue weighted by Crippen LogP contribution is 2.50. The Labute approximate surface area is 181 Å². The summed E-state index contributed by atoms with van der Waals surface area (Å²) in [5, 5.41) is 29.5. The lowest BCUT2D eigenvalue weighted by atomic mass is 9.94. The van der Waals surface area contributed by atoms with Gasteiger partial charge in [-0.3, -0.25) is 4.79 Å². The summed E-state index contributed by atoms with van der Waals surface area (Å²) in [4.78, 5) is 11.2. The minimum Gasteiger partial charge on any atom is -0.508 e. The van der Waals surface area contributed by atoms with Crippen molar-refractivity contribution in [2.75, 3.05) is 0 Å². The van der Waals surface area contributed by atoms with Crippen LogP contribution in [0.15, 0.2) is 12.1 Å². The monoisotopic (exact) mass is 416 g/mol. The van der Waals surface area contributed by atoms with Crippen molar-refractivity contribution >= 4 is 5.97 Å². The molecule has 4 nitrogen and oxygen atoms in total. The predicted octanol–water partition coefficient (Wildman–Crippen LogP) is 6.75. The van der Waals surface area contributed by atoms with Crippen LogP contribution in [0.1, 0.15) is 108 Å². The van der Waals surface area contributed by atoms with Crippen molar-refractivity contribution in [1.29, 1.82) is 0 Å². The summed E-state index contributed by atoms with van der Waals surface area (Å²) in [7, 11) is 0. The van der Waals surface area contributed by atoms with Crippen molar-refractivity contribution in [3.63, 3.8) is 0 Å². The zero-order chi connectivity index (χ0) is 21.6. The maximum Gasteiger partial charge on any atom is 0.309 e. The number of carbonyl (C=O) groups is 1. The number of carboxylic acids is 1. The van der Waals surface area contributed by atoms with E-state index in [2.05, 4.69) is 6.92 Å². The first-order valence-corrected chi connectivity index (χ1v) is 12.1. The van der Waals surface area contributed by atoms with Crippen LogP contribution < -0.4 is 0 Å². The molecule has 0 bridgehead atoms. The molecule has 0 saturated heterocycles. The molecule has 2 fully saturated rings. The fourth-order valence-corrected chi connectivity index (χ4v) is 4.74. The van der Waals surface area contributed by atoms with E-state index in [0.717, 1.165) is 75.3 Å². The van der Waals surface area contributed by atoms with E-state index in [4.69, 9.17) is 0 Å². The highest BCUT2D eigenvalue weighted by atomic mass is 16.4. The Kier molecular flexibility index (Phi) is 7.70. The van der Waals surface area contributed by atoms with Crippen LogP contribution in [0.3, 0.4) is 0 Å². The number of hydrogen-bond donors (Lipinski definition) is 3. The van der Waals surface area contributed by atoms with Crippen LogP contribution in [0.5, 0.6) is 11.5 Å². The average molecular weight is 417 g/mol. The average Bonchev–Trinajstić information content (AvgIpc) is 3.60. The summed E-state index contributed by atoms with van der Waals surface area (Å²) in [6, 6.07) is 3.28. The van der Waals surface area contributed by atoms with Gasteiger partial charge < -0.3 is 15.3 Å². The van der Waals surface area contributed by atoms with E-state index < -0.39 is 11.4 Å². The maximum absolute atomic E-state index is 11.2. The number of hydrogen-bond acceptors (Lipinski definition) is 3. The van der Waals surface area contributed by atoms with Gasteiger partial charge in [-0.25, -0.2) is 0 Å². The zero-order valence-electron chi connectivity index (χ0n) is 18.7. The molecular weight excluding hydrogens is 376 g/mol. The first-order valence-electron chi connectivity index (χ1n) is 12.1. The summed E-state index contributed by atoms with van der Waals surface area (Å²) < 4.78 is 0. The van der Waals surface area contributed by atoms with Crippen molar-refractivity contribution in [3.8, 4) is 11.5 Å². The molecule has 2 aliphatic rings. The Morgan fingerprint density at radius 1 is 0.833 bits per heavy atom. The Morgan fingerprint density at radius 2 is 1.43 bits per heavy atom. The molecule has 0 radical (unpaired) electrons. The van der Waals surface area contributed by atoms with Crippen molar-refractivity contribution in [2.45, 2.75) is 110 Å². The Hall–Kier alpha value is -1.71. The number of carboxylic acid groups (broad SMARTS) is 1. The maximum atomic E-state index is 11.2. The summed E-state index contributed by atoms with van der Waals surface area (Å²) in [5.74, 6) is -0.256. The quantitative estimate of drug-likeness (QED) is 0.276. The summed E-state index contributed by atoms with van der Waals surface area (Å²) in [6.45, 7) is 2.39. The van der Waals surface area contributed by atoms with Crippen LogP contribution in [0, 0.1) is 10.8 Å². The van der Waals surface area contributed by atoms with E-state index in [1.54, 1.807) is 0 Å². The highest BCUT2D eigenvalue weighted by molar-refractivity contribution is 5.77. The van der Waals surface area contributed by atoms with Crippen LogP contribution in [-0.4, -0.2) is 21.3 Å². The fraction of sp³-hybridized carbons (Fsp3) is 0.731. The summed E-state index contributed by atoms with van der Waals surface area (Å²) >= 11 is 0. The molecule has 1 aromatic rings. The third kappa shape index (κ3) is 6.65. The third-order valence-electron chi connectivity index (χ3n) is 7.52. The van der Waals surface area contributed by atoms with E-state index in [9.17, 15) is 20.1 Å². The highest BCUT2D eigenvalue weighted by Gasteiger charge is 2.49. The van der Waals surface area contributed by atoms with Crippen molar-refractivity contribution in [2.24, 2.45) is 10.8 Å². The van der Waals surface area contributed by atoms with Crippen molar-refractivity contribution in [1.82, 2.24) is 0 Å². The third-order valence-corrected chi connectivity index (χ3v) is 7.52. The van der Waals surface area contributed by atoms with E-state index in [1.165, 1.54) is 44.6 Å². The van der Waals surface area contributed by atoms with Crippen LogP contribution in [0.4, 0.5) is 0 Å². The molecule has 4 heteroatoms. The molecule has 0 unspecified atom stereocenters. The number of benzene rings is 1. The lowest BCUT2D eigenvalue weighted by molar-refractivity contribution is -0.143. The molecule has 0 aliphatic heterocycles. The van der Waals surface area contributed by atoms with Gasteiger partial charge in [0.1, 0.15) is 11.5 Å². The first-order chi connectivity index (χ1) is 14.3. The molecule has 2 saturated carbocycles. The molecule has 0 aromatic heterocycles. The van der Waals surface area contributed by atoms with Gasteiger partial charge >= 0.3 is 5.97 Å². The van der Waals surface area contributed by atoms with Crippen LogP contribution >= 0.6 is 0 Å². The molecule has 0 heterocycles. The number of aliphatic carboxylic acids is 1. The van der Waals surface area contributed by atoms with E-state index in [1.807, 2.05) is 6.07 Å². The second-order valence-corrected chi connectivity index (χ2v) is 10.3. The normalized spacial score (nSPS) is 18.3. The number of aryl methyl sites for hydroxylation is 1. The van der Waals surface area contributed by atoms with Crippen LogP contribution in [-0.2, 0) is 17.6 Å². The second kappa shape index (κ2) is 10.1. The minimum atomic E-state index is -0.622. The number of unbranched alkanes of at least 4 members (excludes halogenated alkanes) is 6. The van der Waals surface area contributed by atoms with Crippen LogP contribution in [0.25, 0.3) is 0 Å². The molecule has 3 rings (SSSR count). The minimum absolute atomic E-state index is 0.149. The predicted molar refractivity (Wildman–Crippen MR) is 120 cm³/mol. The Balaban J connectivity index is 1.36. The molecule has 30 heavy (non-hydrogen) atoms. The summed E-state index contributed by atoms with van der Waals surface area (Å²) in [5.41, 5.74) is 2.32. The molecule has 0 atom stereocenters. The number of rotatable bonds is 15. The Bertz CT molecular complexity index is 716. The van der Waals surface area contributed by atoms with Crippen molar-refractivity contribution < 1.29 is 20.1 Å². The first kappa shape index (κ1) is 23.0. The van der Waals surface area contributed by atoms with Crippen LogP contribution in [0.2, 0.25) is 0 Å². The smallest absolute Gasteiger partial charge is 0.309 e. The van der Waals surface area contributed by atoms with Gasteiger partial charge in [0, 0.05) is 6.07 Å². The molecule has 1 aromatic carbocycles. The molecule has 0 amide bonds. The van der Waals surface area contributed by atoms with Gasteiger partial charge in [-0.1, -0.05) is 45.4 Å². The lowest BCUT2D eigenvalue weighted by Gasteiger charge is -2.13. The number of phenolic OH excluding ortho intramolecular Hbond substituents is 2. The van der Waals surface area contributed by atoms with Gasteiger partial charge in [-0.15, -0.1) is 0 Å². The molecular formula is C26H40O4. The van der Waals surface area contributed by atoms with E-state index in [-0.39, 0.29) is 11.5 Å². The van der Waals surface area contributed by atoms with E-state index in [0.29, 0.717) is 5.41 Å². The van der Waals surface area contributed by atoms with Gasteiger partial charge in [0.05, 0.1) is 5.41 Å². The molecule has 2 aliphatic carbocycles. The second-order valence-electron chi connectivity index (χ2n) is 10.3. The molecule has 168 valence electrons. The lowest BCUT2D eigenvalue weighted by Crippen LogP contribution is -2.14. The largest absolute Gasteiger partial charge is 0.508 e. The van der Waals surface area contributed by atoms with Gasteiger partial charge in [0.25, 0.3) is 0 Å². The zero-order valence-corrected chi connectivity index (χ0v) is 18.7.